The highest BCUT2D eigenvalue weighted by Gasteiger charge is 2.27. The lowest BCUT2D eigenvalue weighted by Crippen LogP contribution is -2.44. The van der Waals surface area contributed by atoms with Gasteiger partial charge in [-0.25, -0.2) is 13.1 Å². The SMILES string of the molecule is COCCS(=O)(=O)NC1CCCCC1CO. The summed E-state index contributed by atoms with van der Waals surface area (Å²) in [5.74, 6) is 0.0455. The summed E-state index contributed by atoms with van der Waals surface area (Å²) in [5, 5.41) is 9.17. The van der Waals surface area contributed by atoms with E-state index in [0.29, 0.717) is 0 Å². The van der Waals surface area contributed by atoms with Gasteiger partial charge in [0, 0.05) is 19.8 Å². The zero-order chi connectivity index (χ0) is 12.0. The first kappa shape index (κ1) is 13.9. The minimum Gasteiger partial charge on any atom is -0.396 e. The molecular weight excluding hydrogens is 230 g/mol. The molecule has 16 heavy (non-hydrogen) atoms. The lowest BCUT2D eigenvalue weighted by atomic mass is 9.86. The Morgan fingerprint density at radius 3 is 2.69 bits per heavy atom. The van der Waals surface area contributed by atoms with Crippen LogP contribution in [0.2, 0.25) is 0 Å². The first-order valence-corrected chi connectivity index (χ1v) is 7.34. The molecule has 96 valence electrons. The van der Waals surface area contributed by atoms with Gasteiger partial charge in [0.15, 0.2) is 0 Å². The molecule has 5 nitrogen and oxygen atoms in total. The highest BCUT2D eigenvalue weighted by Crippen LogP contribution is 2.24. The van der Waals surface area contributed by atoms with Crippen LogP contribution in [-0.4, -0.2) is 45.6 Å². The fraction of sp³-hybridized carbons (Fsp3) is 1.00. The lowest BCUT2D eigenvalue weighted by Gasteiger charge is -2.30. The minimum absolute atomic E-state index is 0.0157. The van der Waals surface area contributed by atoms with Crippen molar-refractivity contribution in [3.8, 4) is 0 Å². The molecule has 0 aliphatic heterocycles. The average molecular weight is 251 g/mol. The first-order valence-electron chi connectivity index (χ1n) is 5.69. The average Bonchev–Trinajstić information content (AvgIpc) is 2.27. The van der Waals surface area contributed by atoms with Gasteiger partial charge >= 0.3 is 0 Å². The third-order valence-corrected chi connectivity index (χ3v) is 4.40. The van der Waals surface area contributed by atoms with Crippen molar-refractivity contribution in [2.45, 2.75) is 31.7 Å². The number of methoxy groups -OCH3 is 1. The summed E-state index contributed by atoms with van der Waals surface area (Å²) in [5.41, 5.74) is 0. The Morgan fingerprint density at radius 1 is 1.38 bits per heavy atom. The fourth-order valence-corrected chi connectivity index (χ4v) is 3.34. The Labute approximate surface area is 97.2 Å². The lowest BCUT2D eigenvalue weighted by molar-refractivity contribution is 0.163. The highest BCUT2D eigenvalue weighted by molar-refractivity contribution is 7.89. The van der Waals surface area contributed by atoms with Crippen LogP contribution in [0.3, 0.4) is 0 Å². The second-order valence-electron chi connectivity index (χ2n) is 4.26. The van der Waals surface area contributed by atoms with E-state index in [2.05, 4.69) is 4.72 Å². The van der Waals surface area contributed by atoms with Crippen molar-refractivity contribution < 1.29 is 18.3 Å². The molecule has 1 aliphatic carbocycles. The highest BCUT2D eigenvalue weighted by atomic mass is 32.2. The van der Waals surface area contributed by atoms with Gasteiger partial charge in [0.2, 0.25) is 10.0 Å². The largest absolute Gasteiger partial charge is 0.396 e. The van der Waals surface area contributed by atoms with Crippen LogP contribution >= 0.6 is 0 Å². The molecule has 1 aliphatic rings. The Balaban J connectivity index is 2.50. The van der Waals surface area contributed by atoms with E-state index < -0.39 is 10.0 Å². The van der Waals surface area contributed by atoms with Gasteiger partial charge in [-0.15, -0.1) is 0 Å². The maximum Gasteiger partial charge on any atom is 0.214 e. The van der Waals surface area contributed by atoms with Crippen LogP contribution in [-0.2, 0) is 14.8 Å². The molecule has 2 N–H and O–H groups in total. The summed E-state index contributed by atoms with van der Waals surface area (Å²) in [6.07, 6.45) is 3.81. The molecule has 0 aromatic heterocycles. The van der Waals surface area contributed by atoms with Crippen LogP contribution in [0.25, 0.3) is 0 Å². The predicted octanol–water partition coefficient (Wildman–Crippen LogP) is 0.103. The molecule has 0 aromatic carbocycles. The van der Waals surface area contributed by atoms with Crippen LogP contribution in [0.15, 0.2) is 0 Å². The topological polar surface area (TPSA) is 75.6 Å². The minimum atomic E-state index is -3.27. The van der Waals surface area contributed by atoms with Crippen LogP contribution < -0.4 is 4.72 Å². The summed E-state index contributed by atoms with van der Waals surface area (Å²) in [7, 11) is -1.79. The zero-order valence-corrected chi connectivity index (χ0v) is 10.5. The molecule has 0 saturated heterocycles. The normalized spacial score (nSPS) is 26.9. The Bertz CT molecular complexity index is 291. The molecule has 1 fully saturated rings. The zero-order valence-electron chi connectivity index (χ0n) is 9.68. The van der Waals surface area contributed by atoms with Gasteiger partial charge in [-0.1, -0.05) is 12.8 Å². The third kappa shape index (κ3) is 4.37. The summed E-state index contributed by atoms with van der Waals surface area (Å²) in [6.45, 7) is 0.253. The van der Waals surface area contributed by atoms with E-state index in [0.717, 1.165) is 25.7 Å². The summed E-state index contributed by atoms with van der Waals surface area (Å²) in [4.78, 5) is 0. The van der Waals surface area contributed by atoms with Crippen LogP contribution in [0.5, 0.6) is 0 Å². The molecule has 0 spiro atoms. The molecule has 6 heteroatoms. The van der Waals surface area contributed by atoms with Crippen molar-refractivity contribution in [1.29, 1.82) is 0 Å². The third-order valence-electron chi connectivity index (χ3n) is 3.03. The molecule has 0 heterocycles. The number of hydrogen-bond acceptors (Lipinski definition) is 4. The maximum atomic E-state index is 11.6. The molecular formula is C10H21NO4S. The molecule has 1 rings (SSSR count). The standard InChI is InChI=1S/C10H21NO4S/c1-15-6-7-16(13,14)11-10-5-3-2-4-9(10)8-12/h9-12H,2-8H2,1H3. The van der Waals surface area contributed by atoms with E-state index in [4.69, 9.17) is 4.74 Å². The van der Waals surface area contributed by atoms with Crippen molar-refractivity contribution in [3.63, 3.8) is 0 Å². The van der Waals surface area contributed by atoms with Crippen molar-refractivity contribution in [2.24, 2.45) is 5.92 Å². The summed E-state index contributed by atoms with van der Waals surface area (Å²) < 4.78 is 30.7. The van der Waals surface area contributed by atoms with Gasteiger partial charge < -0.3 is 9.84 Å². The van der Waals surface area contributed by atoms with Gasteiger partial charge in [-0.05, 0) is 18.8 Å². The number of aliphatic hydroxyl groups is 1. The van der Waals surface area contributed by atoms with Crippen molar-refractivity contribution >= 4 is 10.0 Å². The number of ether oxygens (including phenoxy) is 1. The van der Waals surface area contributed by atoms with Crippen LogP contribution in [0, 0.1) is 5.92 Å². The molecule has 0 radical (unpaired) electrons. The monoisotopic (exact) mass is 251 g/mol. The molecule has 1 saturated carbocycles. The Hall–Kier alpha value is -0.170. The molecule has 2 atom stereocenters. The number of hydrogen-bond donors (Lipinski definition) is 2. The van der Waals surface area contributed by atoms with E-state index >= 15 is 0 Å². The fourth-order valence-electron chi connectivity index (χ4n) is 2.06. The van der Waals surface area contributed by atoms with Gasteiger partial charge in [-0.3, -0.25) is 0 Å². The van der Waals surface area contributed by atoms with E-state index in [-0.39, 0.29) is 30.9 Å². The Morgan fingerprint density at radius 2 is 2.06 bits per heavy atom. The molecule has 0 amide bonds. The van der Waals surface area contributed by atoms with Crippen molar-refractivity contribution in [3.05, 3.63) is 0 Å². The van der Waals surface area contributed by atoms with E-state index in [1.54, 1.807) is 0 Å². The smallest absolute Gasteiger partial charge is 0.214 e. The van der Waals surface area contributed by atoms with Gasteiger partial charge in [0.1, 0.15) is 0 Å². The van der Waals surface area contributed by atoms with Crippen LogP contribution in [0.1, 0.15) is 25.7 Å². The van der Waals surface area contributed by atoms with Crippen molar-refractivity contribution in [1.82, 2.24) is 4.72 Å². The number of nitrogens with one attached hydrogen (secondary N) is 1. The number of aliphatic hydroxyl groups excluding tert-OH is 1. The second-order valence-corrected chi connectivity index (χ2v) is 6.14. The first-order chi connectivity index (χ1) is 7.59. The second kappa shape index (κ2) is 6.54. The maximum absolute atomic E-state index is 11.6. The Kier molecular flexibility index (Phi) is 5.68. The molecule has 2 unspecified atom stereocenters. The predicted molar refractivity (Wildman–Crippen MR) is 61.6 cm³/mol. The van der Waals surface area contributed by atoms with Gasteiger partial charge in [-0.2, -0.15) is 0 Å². The molecule has 0 bridgehead atoms. The van der Waals surface area contributed by atoms with E-state index in [9.17, 15) is 13.5 Å². The van der Waals surface area contributed by atoms with E-state index in [1.807, 2.05) is 0 Å². The van der Waals surface area contributed by atoms with Gasteiger partial charge in [0.25, 0.3) is 0 Å². The number of rotatable bonds is 6. The van der Waals surface area contributed by atoms with Crippen molar-refractivity contribution in [2.75, 3.05) is 26.1 Å². The quantitative estimate of drug-likeness (QED) is 0.702. The van der Waals surface area contributed by atoms with Crippen LogP contribution in [0.4, 0.5) is 0 Å². The summed E-state index contributed by atoms with van der Waals surface area (Å²) in [6, 6.07) is -0.111. The molecule has 0 aromatic rings. The van der Waals surface area contributed by atoms with E-state index in [1.165, 1.54) is 7.11 Å². The number of sulfonamides is 1. The summed E-state index contributed by atoms with van der Waals surface area (Å²) >= 11 is 0. The van der Waals surface area contributed by atoms with Gasteiger partial charge in [0.05, 0.1) is 12.4 Å².